The summed E-state index contributed by atoms with van der Waals surface area (Å²) in [7, 11) is 0. The van der Waals surface area contributed by atoms with E-state index in [0.29, 0.717) is 11.6 Å². The molecule has 0 aliphatic carbocycles. The van der Waals surface area contributed by atoms with Crippen molar-refractivity contribution in [2.45, 2.75) is 20.3 Å². The molecule has 1 atom stereocenters. The molecule has 1 rings (SSSR count). The highest BCUT2D eigenvalue weighted by molar-refractivity contribution is 6.30. The Morgan fingerprint density at radius 3 is 2.37 bits per heavy atom. The number of carbonyl (C=O) groups excluding carboxylic acids is 1. The molecule has 1 amide bonds. The van der Waals surface area contributed by atoms with Crippen LogP contribution in [0.25, 0.3) is 0 Å². The van der Waals surface area contributed by atoms with Crippen molar-refractivity contribution < 1.29 is 14.7 Å². The van der Waals surface area contributed by atoms with Gasteiger partial charge in [-0.1, -0.05) is 30.7 Å². The van der Waals surface area contributed by atoms with Gasteiger partial charge < -0.3 is 10.0 Å². The summed E-state index contributed by atoms with van der Waals surface area (Å²) in [5.41, 5.74) is 0.871. The Labute approximate surface area is 118 Å². The van der Waals surface area contributed by atoms with E-state index in [0.717, 1.165) is 5.56 Å². The third-order valence-corrected chi connectivity index (χ3v) is 3.17. The highest BCUT2D eigenvalue weighted by Crippen LogP contribution is 2.11. The molecule has 0 saturated carbocycles. The second-order valence-corrected chi connectivity index (χ2v) is 4.91. The molecule has 0 bridgehead atoms. The fraction of sp³-hybridized carbons (Fsp3) is 0.429. The minimum Gasteiger partial charge on any atom is -0.481 e. The predicted octanol–water partition coefficient (Wildman–Crippen LogP) is 2.45. The van der Waals surface area contributed by atoms with Crippen LogP contribution < -0.4 is 0 Å². The summed E-state index contributed by atoms with van der Waals surface area (Å²) in [6, 6.07) is 7.07. The van der Waals surface area contributed by atoms with Gasteiger partial charge in [0.2, 0.25) is 5.91 Å². The molecule has 19 heavy (non-hydrogen) atoms. The molecule has 0 saturated heterocycles. The van der Waals surface area contributed by atoms with Gasteiger partial charge in [0.15, 0.2) is 0 Å². The van der Waals surface area contributed by atoms with E-state index in [1.54, 1.807) is 36.1 Å². The van der Waals surface area contributed by atoms with E-state index >= 15 is 0 Å². The molecule has 0 fully saturated rings. The number of carbonyl (C=O) groups is 2. The molecule has 0 aliphatic heterocycles. The van der Waals surface area contributed by atoms with E-state index in [-0.39, 0.29) is 18.9 Å². The molecular formula is C14H18ClNO3. The number of amides is 1. The van der Waals surface area contributed by atoms with Gasteiger partial charge >= 0.3 is 5.97 Å². The van der Waals surface area contributed by atoms with Crippen molar-refractivity contribution in [2.24, 2.45) is 5.92 Å². The lowest BCUT2D eigenvalue weighted by Gasteiger charge is -2.23. The number of likely N-dealkylation sites (N-methyl/N-ethyl adjacent to an activating group) is 1. The van der Waals surface area contributed by atoms with Crippen LogP contribution in [0, 0.1) is 5.92 Å². The van der Waals surface area contributed by atoms with Crippen molar-refractivity contribution in [3.63, 3.8) is 0 Å². The zero-order valence-electron chi connectivity index (χ0n) is 11.1. The Kier molecular flexibility index (Phi) is 5.83. The predicted molar refractivity (Wildman–Crippen MR) is 74.2 cm³/mol. The zero-order valence-corrected chi connectivity index (χ0v) is 11.9. The summed E-state index contributed by atoms with van der Waals surface area (Å²) < 4.78 is 0. The minimum atomic E-state index is -0.891. The van der Waals surface area contributed by atoms with Gasteiger partial charge in [0.1, 0.15) is 0 Å². The van der Waals surface area contributed by atoms with Crippen molar-refractivity contribution in [2.75, 3.05) is 13.1 Å². The molecule has 0 spiro atoms. The quantitative estimate of drug-likeness (QED) is 0.872. The molecular weight excluding hydrogens is 266 g/mol. The number of benzene rings is 1. The van der Waals surface area contributed by atoms with Gasteiger partial charge in [-0.25, -0.2) is 0 Å². The van der Waals surface area contributed by atoms with Crippen molar-refractivity contribution >= 4 is 23.5 Å². The topological polar surface area (TPSA) is 57.6 Å². The van der Waals surface area contributed by atoms with E-state index in [2.05, 4.69) is 0 Å². The van der Waals surface area contributed by atoms with E-state index in [1.165, 1.54) is 0 Å². The summed E-state index contributed by atoms with van der Waals surface area (Å²) >= 11 is 5.78. The van der Waals surface area contributed by atoms with E-state index in [9.17, 15) is 9.59 Å². The van der Waals surface area contributed by atoms with Gasteiger partial charge in [-0.2, -0.15) is 0 Å². The number of carboxylic acid groups (broad SMARTS) is 1. The number of rotatable bonds is 6. The zero-order chi connectivity index (χ0) is 14.4. The minimum absolute atomic E-state index is 0.0714. The van der Waals surface area contributed by atoms with Crippen molar-refractivity contribution in [3.8, 4) is 0 Å². The molecule has 0 aromatic heterocycles. The SMILES string of the molecule is CCN(CC(C)C(=O)O)C(=O)Cc1ccc(Cl)cc1. The first-order chi connectivity index (χ1) is 8.93. The molecule has 5 heteroatoms. The fourth-order valence-electron chi connectivity index (χ4n) is 1.70. The number of halogens is 1. The molecule has 1 aromatic carbocycles. The lowest BCUT2D eigenvalue weighted by molar-refractivity contribution is -0.142. The van der Waals surface area contributed by atoms with Crippen LogP contribution in [0.15, 0.2) is 24.3 Å². The van der Waals surface area contributed by atoms with Crippen molar-refractivity contribution in [1.29, 1.82) is 0 Å². The van der Waals surface area contributed by atoms with E-state index < -0.39 is 11.9 Å². The number of hydrogen-bond acceptors (Lipinski definition) is 2. The van der Waals surface area contributed by atoms with Crippen molar-refractivity contribution in [1.82, 2.24) is 4.90 Å². The van der Waals surface area contributed by atoms with Crippen LogP contribution in [0.2, 0.25) is 5.02 Å². The summed E-state index contributed by atoms with van der Waals surface area (Å²) in [6.07, 6.45) is 0.261. The highest BCUT2D eigenvalue weighted by Gasteiger charge is 2.19. The second kappa shape index (κ2) is 7.14. The summed E-state index contributed by atoms with van der Waals surface area (Å²) in [6.45, 7) is 4.18. The summed E-state index contributed by atoms with van der Waals surface area (Å²) in [5.74, 6) is -1.52. The molecule has 0 heterocycles. The maximum atomic E-state index is 12.1. The van der Waals surface area contributed by atoms with Crippen LogP contribution in [0.3, 0.4) is 0 Å². The third kappa shape index (κ3) is 4.91. The summed E-state index contributed by atoms with van der Waals surface area (Å²) in [4.78, 5) is 24.5. The summed E-state index contributed by atoms with van der Waals surface area (Å²) in [5, 5.41) is 9.50. The smallest absolute Gasteiger partial charge is 0.308 e. The average molecular weight is 284 g/mol. The number of nitrogens with zero attached hydrogens (tertiary/aromatic N) is 1. The Morgan fingerprint density at radius 1 is 1.32 bits per heavy atom. The van der Waals surface area contributed by atoms with Gasteiger partial charge in [0.05, 0.1) is 12.3 Å². The molecule has 1 aromatic rings. The molecule has 1 N–H and O–H groups in total. The van der Waals surface area contributed by atoms with Crippen molar-refractivity contribution in [3.05, 3.63) is 34.9 Å². The number of aliphatic carboxylic acids is 1. The molecule has 0 radical (unpaired) electrons. The number of carboxylic acids is 1. The normalized spacial score (nSPS) is 11.9. The van der Waals surface area contributed by atoms with Crippen LogP contribution in [0.4, 0.5) is 0 Å². The first-order valence-corrected chi connectivity index (χ1v) is 6.56. The van der Waals surface area contributed by atoms with Crippen LogP contribution in [-0.4, -0.2) is 35.0 Å². The fourth-order valence-corrected chi connectivity index (χ4v) is 1.83. The first kappa shape index (κ1) is 15.5. The average Bonchev–Trinajstić information content (AvgIpc) is 2.38. The molecule has 1 unspecified atom stereocenters. The lowest BCUT2D eigenvalue weighted by Crippen LogP contribution is -2.37. The Bertz CT molecular complexity index is 445. The van der Waals surface area contributed by atoms with Gasteiger partial charge in [-0.05, 0) is 24.6 Å². The maximum Gasteiger partial charge on any atom is 0.308 e. The Hall–Kier alpha value is -1.55. The van der Waals surface area contributed by atoms with Crippen LogP contribution in [0.1, 0.15) is 19.4 Å². The largest absolute Gasteiger partial charge is 0.481 e. The van der Waals surface area contributed by atoms with Gasteiger partial charge in [-0.15, -0.1) is 0 Å². The van der Waals surface area contributed by atoms with Crippen LogP contribution in [-0.2, 0) is 16.0 Å². The van der Waals surface area contributed by atoms with Gasteiger partial charge in [-0.3, -0.25) is 9.59 Å². The Balaban J connectivity index is 2.63. The molecule has 4 nitrogen and oxygen atoms in total. The highest BCUT2D eigenvalue weighted by atomic mass is 35.5. The van der Waals surface area contributed by atoms with Gasteiger partial charge in [0.25, 0.3) is 0 Å². The monoisotopic (exact) mass is 283 g/mol. The maximum absolute atomic E-state index is 12.1. The molecule has 0 aliphatic rings. The number of hydrogen-bond donors (Lipinski definition) is 1. The second-order valence-electron chi connectivity index (χ2n) is 4.47. The third-order valence-electron chi connectivity index (χ3n) is 2.92. The van der Waals surface area contributed by atoms with Crippen LogP contribution in [0.5, 0.6) is 0 Å². The van der Waals surface area contributed by atoms with Gasteiger partial charge in [0, 0.05) is 18.1 Å². The Morgan fingerprint density at radius 2 is 1.89 bits per heavy atom. The van der Waals surface area contributed by atoms with Crippen LogP contribution >= 0.6 is 11.6 Å². The lowest BCUT2D eigenvalue weighted by atomic mass is 10.1. The standard InChI is InChI=1S/C14H18ClNO3/c1-3-16(9-10(2)14(18)19)13(17)8-11-4-6-12(15)7-5-11/h4-7,10H,3,8-9H2,1-2H3,(H,18,19). The van der Waals surface area contributed by atoms with E-state index in [4.69, 9.17) is 16.7 Å². The molecule has 104 valence electrons. The first-order valence-electron chi connectivity index (χ1n) is 6.19. The van der Waals surface area contributed by atoms with E-state index in [1.807, 2.05) is 6.92 Å².